The van der Waals surface area contributed by atoms with E-state index in [1.54, 1.807) is 0 Å². The lowest BCUT2D eigenvalue weighted by molar-refractivity contribution is -0.130. The van der Waals surface area contributed by atoms with Crippen molar-refractivity contribution in [3.8, 4) is 0 Å². The van der Waals surface area contributed by atoms with E-state index in [1.807, 2.05) is 24.3 Å². The van der Waals surface area contributed by atoms with E-state index in [0.29, 0.717) is 18.7 Å². The summed E-state index contributed by atoms with van der Waals surface area (Å²) in [6.45, 7) is 0.840. The predicted octanol–water partition coefficient (Wildman–Crippen LogP) is 1.43. The molecule has 1 aliphatic heterocycles. The smallest absolute Gasteiger partial charge is 0.333 e. The Bertz CT molecular complexity index is 669. The van der Waals surface area contributed by atoms with Gasteiger partial charge in [-0.3, -0.25) is 15.0 Å². The van der Waals surface area contributed by atoms with Crippen molar-refractivity contribution in [2.75, 3.05) is 11.9 Å². The van der Waals surface area contributed by atoms with Crippen LogP contribution in [0, 0.1) is 5.92 Å². The number of carbonyl (C=O) groups is 3. The van der Waals surface area contributed by atoms with Crippen LogP contribution in [0.15, 0.2) is 24.3 Å². The molecule has 0 spiro atoms. The molecule has 1 aromatic carbocycles. The molecule has 3 rings (SSSR count). The molecule has 0 unspecified atom stereocenters. The SMILES string of the molecule is O=C(NCc1cccc(NC(=O)C2CCC2)c1)NNC(=O)[C@H]1CCCO1. The maximum Gasteiger partial charge on any atom is 0.333 e. The highest BCUT2D eigenvalue weighted by atomic mass is 16.5. The van der Waals surface area contributed by atoms with E-state index < -0.39 is 12.1 Å². The molecule has 0 aromatic heterocycles. The van der Waals surface area contributed by atoms with Gasteiger partial charge in [0.05, 0.1) is 0 Å². The van der Waals surface area contributed by atoms with Crippen molar-refractivity contribution in [3.63, 3.8) is 0 Å². The second-order valence-electron chi connectivity index (χ2n) is 6.62. The van der Waals surface area contributed by atoms with E-state index >= 15 is 0 Å². The van der Waals surface area contributed by atoms with Crippen LogP contribution in [0.5, 0.6) is 0 Å². The maximum atomic E-state index is 12.0. The molecule has 140 valence electrons. The Balaban J connectivity index is 1.40. The topological polar surface area (TPSA) is 109 Å². The quantitative estimate of drug-likeness (QED) is 0.596. The second-order valence-corrected chi connectivity index (χ2v) is 6.62. The maximum absolute atomic E-state index is 12.0. The van der Waals surface area contributed by atoms with Gasteiger partial charge in [-0.2, -0.15) is 0 Å². The van der Waals surface area contributed by atoms with Gasteiger partial charge in [0.15, 0.2) is 0 Å². The summed E-state index contributed by atoms with van der Waals surface area (Å²) in [5.41, 5.74) is 6.21. The highest BCUT2D eigenvalue weighted by Crippen LogP contribution is 2.27. The van der Waals surface area contributed by atoms with Gasteiger partial charge in [-0.05, 0) is 43.4 Å². The summed E-state index contributed by atoms with van der Waals surface area (Å²) in [4.78, 5) is 35.5. The number of amides is 4. The van der Waals surface area contributed by atoms with Crippen LogP contribution in [0.4, 0.5) is 10.5 Å². The predicted molar refractivity (Wildman–Crippen MR) is 94.9 cm³/mol. The van der Waals surface area contributed by atoms with Crippen LogP contribution in [-0.4, -0.2) is 30.6 Å². The van der Waals surface area contributed by atoms with Gasteiger partial charge in [-0.1, -0.05) is 18.6 Å². The molecule has 0 radical (unpaired) electrons. The fourth-order valence-electron chi connectivity index (χ4n) is 2.88. The fourth-order valence-corrected chi connectivity index (χ4v) is 2.88. The molecule has 0 bridgehead atoms. The Labute approximate surface area is 152 Å². The number of hydrazine groups is 1. The van der Waals surface area contributed by atoms with Gasteiger partial charge in [-0.25, -0.2) is 10.2 Å². The van der Waals surface area contributed by atoms with Gasteiger partial charge in [0.2, 0.25) is 5.91 Å². The molecule has 1 saturated carbocycles. The minimum atomic E-state index is -0.514. The summed E-state index contributed by atoms with van der Waals surface area (Å²) >= 11 is 0. The molecule has 1 heterocycles. The third-order valence-electron chi connectivity index (χ3n) is 4.64. The number of rotatable bonds is 5. The number of hydrogen-bond donors (Lipinski definition) is 4. The minimum absolute atomic E-state index is 0.0518. The van der Waals surface area contributed by atoms with Gasteiger partial charge < -0.3 is 15.4 Å². The number of urea groups is 1. The number of hydrogen-bond acceptors (Lipinski definition) is 4. The molecule has 26 heavy (non-hydrogen) atoms. The summed E-state index contributed by atoms with van der Waals surface area (Å²) in [7, 11) is 0. The molecular weight excluding hydrogens is 336 g/mol. The molecule has 1 aliphatic carbocycles. The van der Waals surface area contributed by atoms with Gasteiger partial charge in [-0.15, -0.1) is 0 Å². The Hall–Kier alpha value is -2.61. The Morgan fingerprint density at radius 3 is 2.58 bits per heavy atom. The zero-order valence-electron chi connectivity index (χ0n) is 14.5. The number of ether oxygens (including phenoxy) is 1. The first-order valence-corrected chi connectivity index (χ1v) is 8.97. The Kier molecular flexibility index (Phi) is 6.06. The van der Waals surface area contributed by atoms with Crippen LogP contribution in [-0.2, 0) is 20.9 Å². The number of carbonyl (C=O) groups excluding carboxylic acids is 3. The first-order valence-electron chi connectivity index (χ1n) is 8.97. The fraction of sp³-hybridized carbons (Fsp3) is 0.500. The highest BCUT2D eigenvalue weighted by molar-refractivity contribution is 5.93. The number of benzene rings is 1. The molecule has 4 amide bonds. The lowest BCUT2D eigenvalue weighted by Crippen LogP contribution is -2.49. The normalized spacial score (nSPS) is 19.3. The molecule has 1 saturated heterocycles. The highest BCUT2D eigenvalue weighted by Gasteiger charge is 2.25. The zero-order valence-corrected chi connectivity index (χ0v) is 14.5. The Morgan fingerprint density at radius 2 is 1.88 bits per heavy atom. The van der Waals surface area contributed by atoms with Gasteiger partial charge in [0.25, 0.3) is 5.91 Å². The van der Waals surface area contributed by atoms with Gasteiger partial charge in [0.1, 0.15) is 6.10 Å². The first kappa shape index (κ1) is 18.2. The summed E-state index contributed by atoms with van der Waals surface area (Å²) in [6.07, 6.45) is 4.02. The van der Waals surface area contributed by atoms with E-state index in [0.717, 1.165) is 31.2 Å². The zero-order chi connectivity index (χ0) is 18.4. The van der Waals surface area contributed by atoms with Crippen LogP contribution in [0.1, 0.15) is 37.7 Å². The third-order valence-corrected chi connectivity index (χ3v) is 4.64. The molecule has 1 aromatic rings. The molecule has 8 heteroatoms. The third kappa shape index (κ3) is 4.95. The molecule has 2 fully saturated rings. The van der Waals surface area contributed by atoms with E-state index in [9.17, 15) is 14.4 Å². The van der Waals surface area contributed by atoms with Gasteiger partial charge in [0, 0.05) is 24.8 Å². The summed E-state index contributed by atoms with van der Waals surface area (Å²) in [5, 5.41) is 5.56. The Morgan fingerprint density at radius 1 is 1.04 bits per heavy atom. The van der Waals surface area contributed by atoms with E-state index in [1.165, 1.54) is 0 Å². The summed E-state index contributed by atoms with van der Waals surface area (Å²) < 4.78 is 5.23. The van der Waals surface area contributed by atoms with Crippen molar-refractivity contribution in [2.24, 2.45) is 5.92 Å². The first-order chi connectivity index (χ1) is 12.6. The van der Waals surface area contributed by atoms with Crippen LogP contribution in [0.2, 0.25) is 0 Å². The molecular formula is C18H24N4O4. The van der Waals surface area contributed by atoms with Crippen LogP contribution in [0.3, 0.4) is 0 Å². The van der Waals surface area contributed by atoms with Crippen molar-refractivity contribution in [3.05, 3.63) is 29.8 Å². The second kappa shape index (κ2) is 8.66. The van der Waals surface area contributed by atoms with Crippen LogP contribution >= 0.6 is 0 Å². The van der Waals surface area contributed by atoms with E-state index in [2.05, 4.69) is 21.5 Å². The van der Waals surface area contributed by atoms with Crippen LogP contribution < -0.4 is 21.5 Å². The molecule has 4 N–H and O–H groups in total. The summed E-state index contributed by atoms with van der Waals surface area (Å²) in [6, 6.07) is 6.80. The lowest BCUT2D eigenvalue weighted by Gasteiger charge is -2.24. The largest absolute Gasteiger partial charge is 0.368 e. The standard InChI is InChI=1S/C18H24N4O4/c23-16(13-5-2-6-13)20-14-7-1-4-12(10-14)11-19-18(25)22-21-17(24)15-8-3-9-26-15/h1,4,7,10,13,15H,2-3,5-6,8-9,11H2,(H,20,23)(H,21,24)(H2,19,22,25)/t15-/m1/s1. The van der Waals surface area contributed by atoms with Gasteiger partial charge >= 0.3 is 6.03 Å². The number of anilines is 1. The van der Waals surface area contributed by atoms with Crippen molar-refractivity contribution in [2.45, 2.75) is 44.8 Å². The van der Waals surface area contributed by atoms with Crippen molar-refractivity contribution in [1.29, 1.82) is 0 Å². The van der Waals surface area contributed by atoms with E-state index in [-0.39, 0.29) is 24.3 Å². The van der Waals surface area contributed by atoms with Crippen molar-refractivity contribution in [1.82, 2.24) is 16.2 Å². The van der Waals surface area contributed by atoms with E-state index in [4.69, 9.17) is 4.74 Å². The van der Waals surface area contributed by atoms with Crippen molar-refractivity contribution >= 4 is 23.5 Å². The van der Waals surface area contributed by atoms with Crippen LogP contribution in [0.25, 0.3) is 0 Å². The number of nitrogens with one attached hydrogen (secondary N) is 4. The average molecular weight is 360 g/mol. The monoisotopic (exact) mass is 360 g/mol. The summed E-state index contributed by atoms with van der Waals surface area (Å²) in [5.74, 6) is -0.177. The molecule has 1 atom stereocenters. The van der Waals surface area contributed by atoms with Crippen molar-refractivity contribution < 1.29 is 19.1 Å². The molecule has 8 nitrogen and oxygen atoms in total. The molecule has 2 aliphatic rings. The average Bonchev–Trinajstić information content (AvgIpc) is 3.11. The lowest BCUT2D eigenvalue weighted by atomic mass is 9.85. The minimum Gasteiger partial charge on any atom is -0.368 e.